The number of hydrogen-bond donors (Lipinski definition) is 1. The Hall–Kier alpha value is -1.59. The highest BCUT2D eigenvalue weighted by molar-refractivity contribution is 5.97. The van der Waals surface area contributed by atoms with Crippen molar-refractivity contribution >= 4 is 11.6 Å². The van der Waals surface area contributed by atoms with Crippen LogP contribution in [0.5, 0.6) is 5.75 Å². The van der Waals surface area contributed by atoms with E-state index in [0.29, 0.717) is 6.04 Å². The summed E-state index contributed by atoms with van der Waals surface area (Å²) in [7, 11) is 3.93. The molecular formula is C14H19N3O2. The van der Waals surface area contributed by atoms with Gasteiger partial charge in [0.25, 0.3) is 5.91 Å². The van der Waals surface area contributed by atoms with Crippen molar-refractivity contribution in [1.29, 1.82) is 0 Å². The number of rotatable bonds is 1. The smallest absolute Gasteiger partial charge is 0.264 e. The first-order chi connectivity index (χ1) is 9.16. The number of carbonyl (C=O) groups excluding carboxylic acids is 1. The molecule has 0 aliphatic carbocycles. The molecular weight excluding hydrogens is 242 g/mol. The molecule has 2 heterocycles. The zero-order chi connectivity index (χ0) is 13.4. The Morgan fingerprint density at radius 2 is 2.21 bits per heavy atom. The monoisotopic (exact) mass is 261 g/mol. The lowest BCUT2D eigenvalue weighted by Crippen LogP contribution is -2.43. The van der Waals surface area contributed by atoms with Crippen molar-refractivity contribution < 1.29 is 9.53 Å². The SMILES string of the molecule is CN1C(=O)COc2cc(C3CNCCN3C)ccc21. The minimum atomic E-state index is -0.00305. The average molecular weight is 261 g/mol. The Labute approximate surface area is 113 Å². The van der Waals surface area contributed by atoms with Gasteiger partial charge in [-0.05, 0) is 24.7 Å². The maximum Gasteiger partial charge on any atom is 0.264 e. The fourth-order valence-corrected chi connectivity index (χ4v) is 2.68. The zero-order valence-electron chi connectivity index (χ0n) is 11.3. The number of nitrogens with zero attached hydrogens (tertiary/aromatic N) is 2. The number of piperazine rings is 1. The van der Waals surface area contributed by atoms with Crippen LogP contribution in [0.3, 0.4) is 0 Å². The predicted molar refractivity (Wildman–Crippen MR) is 73.6 cm³/mol. The van der Waals surface area contributed by atoms with Gasteiger partial charge in [-0.15, -0.1) is 0 Å². The summed E-state index contributed by atoms with van der Waals surface area (Å²) in [5.74, 6) is 0.801. The summed E-state index contributed by atoms with van der Waals surface area (Å²) in [5.41, 5.74) is 2.09. The Kier molecular flexibility index (Phi) is 3.16. The number of anilines is 1. The molecule has 1 N–H and O–H groups in total. The van der Waals surface area contributed by atoms with Crippen LogP contribution in [-0.4, -0.2) is 51.1 Å². The van der Waals surface area contributed by atoms with Crippen LogP contribution in [0, 0.1) is 0 Å². The van der Waals surface area contributed by atoms with E-state index in [1.807, 2.05) is 6.07 Å². The summed E-state index contributed by atoms with van der Waals surface area (Å²) in [6.07, 6.45) is 0. The molecule has 2 aliphatic rings. The number of nitrogens with one attached hydrogen (secondary N) is 1. The fraction of sp³-hybridized carbons (Fsp3) is 0.500. The molecule has 3 rings (SSSR count). The molecule has 1 aromatic carbocycles. The van der Waals surface area contributed by atoms with Gasteiger partial charge >= 0.3 is 0 Å². The molecule has 0 spiro atoms. The maximum atomic E-state index is 11.6. The molecule has 1 unspecified atom stereocenters. The van der Waals surface area contributed by atoms with Gasteiger partial charge in [0.1, 0.15) is 5.75 Å². The largest absolute Gasteiger partial charge is 0.482 e. The molecule has 1 atom stereocenters. The molecule has 1 amide bonds. The minimum absolute atomic E-state index is 0.00305. The molecule has 19 heavy (non-hydrogen) atoms. The van der Waals surface area contributed by atoms with E-state index in [1.165, 1.54) is 5.56 Å². The zero-order valence-corrected chi connectivity index (χ0v) is 11.3. The Morgan fingerprint density at radius 3 is 3.00 bits per heavy atom. The number of carbonyl (C=O) groups is 1. The van der Waals surface area contributed by atoms with E-state index >= 15 is 0 Å². The van der Waals surface area contributed by atoms with E-state index in [1.54, 1.807) is 11.9 Å². The van der Waals surface area contributed by atoms with Crippen LogP contribution in [0.4, 0.5) is 5.69 Å². The molecule has 1 fully saturated rings. The van der Waals surface area contributed by atoms with Crippen molar-refractivity contribution in [3.8, 4) is 5.75 Å². The summed E-state index contributed by atoms with van der Waals surface area (Å²) >= 11 is 0. The van der Waals surface area contributed by atoms with Crippen LogP contribution in [0.15, 0.2) is 18.2 Å². The summed E-state index contributed by atoms with van der Waals surface area (Å²) in [6, 6.07) is 6.49. The van der Waals surface area contributed by atoms with Crippen LogP contribution >= 0.6 is 0 Å². The average Bonchev–Trinajstić information content (AvgIpc) is 2.43. The Bertz CT molecular complexity index is 503. The van der Waals surface area contributed by atoms with Gasteiger partial charge < -0.3 is 15.0 Å². The van der Waals surface area contributed by atoms with Gasteiger partial charge in [-0.3, -0.25) is 9.69 Å². The molecule has 0 aromatic heterocycles. The van der Waals surface area contributed by atoms with Crippen molar-refractivity contribution in [2.75, 3.05) is 45.2 Å². The van der Waals surface area contributed by atoms with E-state index in [-0.39, 0.29) is 12.5 Å². The van der Waals surface area contributed by atoms with Crippen LogP contribution in [0.2, 0.25) is 0 Å². The summed E-state index contributed by atoms with van der Waals surface area (Å²) in [6.45, 7) is 3.16. The Morgan fingerprint density at radius 1 is 1.37 bits per heavy atom. The third-order valence-electron chi connectivity index (χ3n) is 3.97. The molecule has 1 saturated heterocycles. The van der Waals surface area contributed by atoms with Crippen molar-refractivity contribution in [3.63, 3.8) is 0 Å². The molecule has 2 aliphatic heterocycles. The first-order valence-corrected chi connectivity index (χ1v) is 6.61. The van der Waals surface area contributed by atoms with Crippen molar-refractivity contribution in [2.45, 2.75) is 6.04 Å². The Balaban J connectivity index is 1.91. The van der Waals surface area contributed by atoms with E-state index < -0.39 is 0 Å². The first kappa shape index (κ1) is 12.4. The van der Waals surface area contributed by atoms with Crippen molar-refractivity contribution in [2.24, 2.45) is 0 Å². The number of likely N-dealkylation sites (N-methyl/N-ethyl adjacent to an activating group) is 2. The van der Waals surface area contributed by atoms with Crippen molar-refractivity contribution in [1.82, 2.24) is 10.2 Å². The quantitative estimate of drug-likeness (QED) is 0.805. The molecule has 0 saturated carbocycles. The summed E-state index contributed by atoms with van der Waals surface area (Å²) in [5, 5.41) is 3.41. The highest BCUT2D eigenvalue weighted by Crippen LogP contribution is 2.34. The van der Waals surface area contributed by atoms with Gasteiger partial charge in [0.2, 0.25) is 0 Å². The number of benzene rings is 1. The normalized spacial score (nSPS) is 24.0. The number of amides is 1. The van der Waals surface area contributed by atoms with Crippen molar-refractivity contribution in [3.05, 3.63) is 23.8 Å². The maximum absolute atomic E-state index is 11.6. The minimum Gasteiger partial charge on any atom is -0.482 e. The standard InChI is InChI=1S/C14H19N3O2/c1-16-6-5-15-8-12(16)10-3-4-11-13(7-10)19-9-14(18)17(11)2/h3-4,7,12,15H,5-6,8-9H2,1-2H3. The molecule has 102 valence electrons. The number of fused-ring (bicyclic) bond motifs is 1. The molecule has 1 aromatic rings. The fourth-order valence-electron chi connectivity index (χ4n) is 2.68. The highest BCUT2D eigenvalue weighted by Gasteiger charge is 2.25. The molecule has 5 heteroatoms. The van der Waals surface area contributed by atoms with Crippen LogP contribution in [0.1, 0.15) is 11.6 Å². The van der Waals surface area contributed by atoms with Gasteiger partial charge in [-0.25, -0.2) is 0 Å². The lowest BCUT2D eigenvalue weighted by atomic mass is 10.0. The van der Waals surface area contributed by atoms with E-state index in [4.69, 9.17) is 4.74 Å². The van der Waals surface area contributed by atoms with Gasteiger partial charge in [0, 0.05) is 32.7 Å². The molecule has 0 bridgehead atoms. The van der Waals surface area contributed by atoms with Gasteiger partial charge in [-0.1, -0.05) is 6.07 Å². The van der Waals surface area contributed by atoms with E-state index in [0.717, 1.165) is 31.1 Å². The second-order valence-electron chi connectivity index (χ2n) is 5.17. The van der Waals surface area contributed by atoms with Crippen LogP contribution < -0.4 is 15.0 Å². The molecule has 5 nitrogen and oxygen atoms in total. The third-order valence-corrected chi connectivity index (χ3v) is 3.97. The number of hydrogen-bond acceptors (Lipinski definition) is 4. The van der Waals surface area contributed by atoms with Crippen LogP contribution in [0.25, 0.3) is 0 Å². The molecule has 0 radical (unpaired) electrons. The second-order valence-corrected chi connectivity index (χ2v) is 5.17. The summed E-state index contributed by atoms with van der Waals surface area (Å²) in [4.78, 5) is 15.6. The van der Waals surface area contributed by atoms with Gasteiger partial charge in [-0.2, -0.15) is 0 Å². The summed E-state index contributed by atoms with van der Waals surface area (Å²) < 4.78 is 5.54. The number of ether oxygens (including phenoxy) is 1. The van der Waals surface area contributed by atoms with Crippen LogP contribution in [-0.2, 0) is 4.79 Å². The van der Waals surface area contributed by atoms with Gasteiger partial charge in [0.15, 0.2) is 6.61 Å². The van der Waals surface area contributed by atoms with Gasteiger partial charge in [0.05, 0.1) is 5.69 Å². The second kappa shape index (κ2) is 4.83. The highest BCUT2D eigenvalue weighted by atomic mass is 16.5. The van der Waals surface area contributed by atoms with E-state index in [2.05, 4.69) is 29.4 Å². The topological polar surface area (TPSA) is 44.8 Å². The van der Waals surface area contributed by atoms with E-state index in [9.17, 15) is 4.79 Å². The lowest BCUT2D eigenvalue weighted by Gasteiger charge is -2.34. The lowest BCUT2D eigenvalue weighted by molar-refractivity contribution is -0.120. The predicted octanol–water partition coefficient (Wildman–Crippen LogP) is 0.618. The first-order valence-electron chi connectivity index (χ1n) is 6.61. The third kappa shape index (κ3) is 2.19.